The van der Waals surface area contributed by atoms with Crippen molar-refractivity contribution >= 4 is 0 Å². The Bertz CT molecular complexity index is 187. The molecule has 0 aromatic heterocycles. The van der Waals surface area contributed by atoms with E-state index in [1.807, 2.05) is 0 Å². The Balaban J connectivity index is 4.11. The maximum atomic E-state index is 3.53. The summed E-state index contributed by atoms with van der Waals surface area (Å²) < 4.78 is 0. The second-order valence-electron chi connectivity index (χ2n) is 7.15. The smallest absolute Gasteiger partial charge is 0.00790 e. The van der Waals surface area contributed by atoms with Crippen LogP contribution in [-0.2, 0) is 0 Å². The highest BCUT2D eigenvalue weighted by atomic mass is 15.1. The van der Waals surface area contributed by atoms with Gasteiger partial charge in [0.05, 0.1) is 0 Å². The number of hydrogen-bond donors (Lipinski definition) is 1. The van der Waals surface area contributed by atoms with E-state index in [9.17, 15) is 0 Å². The molecule has 0 bridgehead atoms. The van der Waals surface area contributed by atoms with E-state index < -0.39 is 0 Å². The molecule has 2 heteroatoms. The highest BCUT2D eigenvalue weighted by Crippen LogP contribution is 2.11. The largest absolute Gasteiger partial charge is 0.314 e. The van der Waals surface area contributed by atoms with Crippen LogP contribution < -0.4 is 5.32 Å². The van der Waals surface area contributed by atoms with Crippen LogP contribution in [-0.4, -0.2) is 36.6 Å². The topological polar surface area (TPSA) is 15.3 Å². The summed E-state index contributed by atoms with van der Waals surface area (Å²) in [5.41, 5.74) is 0. The van der Waals surface area contributed by atoms with Crippen LogP contribution in [0.5, 0.6) is 0 Å². The zero-order valence-electron chi connectivity index (χ0n) is 14.5. The molecule has 19 heavy (non-hydrogen) atoms. The van der Waals surface area contributed by atoms with Crippen molar-refractivity contribution in [3.8, 4) is 0 Å². The molecule has 0 aromatic carbocycles. The second kappa shape index (κ2) is 10.7. The van der Waals surface area contributed by atoms with E-state index in [-0.39, 0.29) is 0 Å². The van der Waals surface area contributed by atoms with Crippen molar-refractivity contribution in [2.45, 2.75) is 79.8 Å². The van der Waals surface area contributed by atoms with Crippen molar-refractivity contribution in [1.82, 2.24) is 10.2 Å². The molecule has 116 valence electrons. The minimum Gasteiger partial charge on any atom is -0.314 e. The van der Waals surface area contributed by atoms with Crippen molar-refractivity contribution in [2.24, 2.45) is 11.8 Å². The number of rotatable bonds is 11. The number of hydrogen-bond acceptors (Lipinski definition) is 2. The Morgan fingerprint density at radius 3 is 1.58 bits per heavy atom. The fourth-order valence-electron chi connectivity index (χ4n) is 2.16. The van der Waals surface area contributed by atoms with Crippen LogP contribution >= 0.6 is 0 Å². The predicted octanol–water partition coefficient (Wildman–Crippen LogP) is 4.16. The molecule has 1 atom stereocenters. The summed E-state index contributed by atoms with van der Waals surface area (Å²) in [7, 11) is 0. The summed E-state index contributed by atoms with van der Waals surface area (Å²) in [4.78, 5) is 2.70. The third kappa shape index (κ3) is 11.4. The molecule has 0 spiro atoms. The molecule has 0 amide bonds. The molecule has 0 saturated heterocycles. The van der Waals surface area contributed by atoms with Crippen molar-refractivity contribution in [1.29, 1.82) is 0 Å². The summed E-state index contributed by atoms with van der Waals surface area (Å²) >= 11 is 0. The van der Waals surface area contributed by atoms with Gasteiger partial charge in [-0.25, -0.2) is 0 Å². The van der Waals surface area contributed by atoms with Crippen molar-refractivity contribution in [3.05, 3.63) is 0 Å². The molecule has 0 radical (unpaired) electrons. The van der Waals surface area contributed by atoms with Gasteiger partial charge in [0.1, 0.15) is 0 Å². The van der Waals surface area contributed by atoms with Crippen LogP contribution in [0.1, 0.15) is 67.7 Å². The van der Waals surface area contributed by atoms with Gasteiger partial charge in [0.25, 0.3) is 0 Å². The van der Waals surface area contributed by atoms with Crippen molar-refractivity contribution < 1.29 is 0 Å². The molecule has 0 saturated carbocycles. The molecule has 1 unspecified atom stereocenters. The Morgan fingerprint density at radius 2 is 1.21 bits per heavy atom. The second-order valence-corrected chi connectivity index (χ2v) is 7.15. The minimum absolute atomic E-state index is 0.604. The zero-order valence-corrected chi connectivity index (χ0v) is 14.5. The van der Waals surface area contributed by atoms with Crippen LogP contribution in [0.4, 0.5) is 0 Å². The van der Waals surface area contributed by atoms with Gasteiger partial charge >= 0.3 is 0 Å². The van der Waals surface area contributed by atoms with E-state index >= 15 is 0 Å². The van der Waals surface area contributed by atoms with E-state index in [0.717, 1.165) is 18.4 Å². The molecule has 0 heterocycles. The molecular weight excluding hydrogens is 232 g/mol. The van der Waals surface area contributed by atoms with E-state index in [2.05, 4.69) is 58.7 Å². The van der Waals surface area contributed by atoms with Crippen LogP contribution in [0.15, 0.2) is 0 Å². The molecule has 1 N–H and O–H groups in total. The lowest BCUT2D eigenvalue weighted by molar-refractivity contribution is 0.178. The van der Waals surface area contributed by atoms with Gasteiger partial charge in [-0.2, -0.15) is 0 Å². The Morgan fingerprint density at radius 1 is 0.737 bits per heavy atom. The SMILES string of the molecule is CC(C)CCN(CCC(C)C)C(C)CCNC(C)C. The summed E-state index contributed by atoms with van der Waals surface area (Å²) in [6.45, 7) is 19.8. The third-order valence-corrected chi connectivity index (χ3v) is 3.73. The highest BCUT2D eigenvalue weighted by Gasteiger charge is 2.14. The quantitative estimate of drug-likeness (QED) is 0.606. The Hall–Kier alpha value is -0.0800. The third-order valence-electron chi connectivity index (χ3n) is 3.73. The van der Waals surface area contributed by atoms with Gasteiger partial charge in [-0.15, -0.1) is 0 Å². The van der Waals surface area contributed by atoms with Gasteiger partial charge < -0.3 is 10.2 Å². The fraction of sp³-hybridized carbons (Fsp3) is 1.00. The summed E-state index contributed by atoms with van der Waals surface area (Å²) in [6.07, 6.45) is 3.90. The first-order chi connectivity index (χ1) is 8.82. The number of nitrogens with zero attached hydrogens (tertiary/aromatic N) is 1. The van der Waals surface area contributed by atoms with Crippen LogP contribution in [0, 0.1) is 11.8 Å². The maximum Gasteiger partial charge on any atom is 0.00790 e. The van der Waals surface area contributed by atoms with Crippen molar-refractivity contribution in [2.75, 3.05) is 19.6 Å². The van der Waals surface area contributed by atoms with Gasteiger partial charge in [-0.05, 0) is 57.7 Å². The average molecular weight is 271 g/mol. The first-order valence-corrected chi connectivity index (χ1v) is 8.30. The number of nitrogens with one attached hydrogen (secondary N) is 1. The van der Waals surface area contributed by atoms with E-state index in [1.54, 1.807) is 0 Å². The first kappa shape index (κ1) is 18.9. The Kier molecular flexibility index (Phi) is 10.6. The monoisotopic (exact) mass is 270 g/mol. The lowest BCUT2D eigenvalue weighted by Crippen LogP contribution is -2.38. The molecule has 0 rings (SSSR count). The molecule has 0 aliphatic rings. The van der Waals surface area contributed by atoms with E-state index in [0.29, 0.717) is 12.1 Å². The lowest BCUT2D eigenvalue weighted by atomic mass is 10.1. The summed E-state index contributed by atoms with van der Waals surface area (Å²) in [5.74, 6) is 1.62. The van der Waals surface area contributed by atoms with Crippen LogP contribution in [0.2, 0.25) is 0 Å². The van der Waals surface area contributed by atoms with Gasteiger partial charge in [0.2, 0.25) is 0 Å². The molecule has 0 fully saturated rings. The molecule has 0 aromatic rings. The zero-order chi connectivity index (χ0) is 14.8. The maximum absolute atomic E-state index is 3.53. The Labute approximate surface area is 122 Å². The van der Waals surface area contributed by atoms with E-state index in [1.165, 1.54) is 32.4 Å². The van der Waals surface area contributed by atoms with Gasteiger partial charge in [-0.3, -0.25) is 0 Å². The summed E-state index contributed by atoms with van der Waals surface area (Å²) in [6, 6.07) is 1.30. The van der Waals surface area contributed by atoms with Gasteiger partial charge in [0.15, 0.2) is 0 Å². The highest BCUT2D eigenvalue weighted by molar-refractivity contribution is 4.70. The summed E-state index contributed by atoms with van der Waals surface area (Å²) in [5, 5.41) is 3.53. The van der Waals surface area contributed by atoms with Crippen LogP contribution in [0.3, 0.4) is 0 Å². The normalized spacial score (nSPS) is 14.1. The van der Waals surface area contributed by atoms with Gasteiger partial charge in [0, 0.05) is 12.1 Å². The first-order valence-electron chi connectivity index (χ1n) is 8.30. The lowest BCUT2D eigenvalue weighted by Gasteiger charge is -2.30. The minimum atomic E-state index is 0.604. The standard InChI is InChI=1S/C17H38N2/c1-14(2)9-12-19(13-10-15(3)4)17(7)8-11-18-16(5)6/h14-18H,8-13H2,1-7H3. The molecule has 2 nitrogen and oxygen atoms in total. The molecular formula is C17H38N2. The average Bonchev–Trinajstić information content (AvgIpc) is 2.27. The van der Waals surface area contributed by atoms with E-state index in [4.69, 9.17) is 0 Å². The van der Waals surface area contributed by atoms with Crippen molar-refractivity contribution in [3.63, 3.8) is 0 Å². The fourth-order valence-corrected chi connectivity index (χ4v) is 2.16. The van der Waals surface area contributed by atoms with Gasteiger partial charge in [-0.1, -0.05) is 41.5 Å². The van der Waals surface area contributed by atoms with Crippen LogP contribution in [0.25, 0.3) is 0 Å². The predicted molar refractivity (Wildman–Crippen MR) is 87.7 cm³/mol. The molecule has 0 aliphatic heterocycles. The molecule has 0 aliphatic carbocycles.